The van der Waals surface area contributed by atoms with E-state index in [2.05, 4.69) is 10.6 Å². The molecule has 2 rings (SSSR count). The summed E-state index contributed by atoms with van der Waals surface area (Å²) in [5.74, 6) is 0.736. The summed E-state index contributed by atoms with van der Waals surface area (Å²) in [5.41, 5.74) is 2.06. The van der Waals surface area contributed by atoms with Crippen LogP contribution in [0.5, 0.6) is 0 Å². The number of amides is 1. The first-order chi connectivity index (χ1) is 9.65. The second kappa shape index (κ2) is 7.01. The Bertz CT molecular complexity index is 567. The summed E-state index contributed by atoms with van der Waals surface area (Å²) in [4.78, 5) is 11.7. The predicted octanol–water partition coefficient (Wildman–Crippen LogP) is 3.36. The van der Waals surface area contributed by atoms with Crippen molar-refractivity contribution in [2.45, 2.75) is 19.9 Å². The minimum absolute atomic E-state index is 0.0134. The maximum absolute atomic E-state index is 11.7. The first-order valence-corrected chi connectivity index (χ1v) is 6.82. The zero-order valence-corrected chi connectivity index (χ0v) is 12.0. The van der Waals surface area contributed by atoms with Crippen molar-refractivity contribution in [3.63, 3.8) is 0 Å². The molecule has 5 heteroatoms. The summed E-state index contributed by atoms with van der Waals surface area (Å²) < 4.78 is 5.14. The number of furan rings is 1. The van der Waals surface area contributed by atoms with Crippen molar-refractivity contribution in [3.05, 3.63) is 52.9 Å². The molecule has 2 aromatic rings. The second-order valence-corrected chi connectivity index (χ2v) is 4.93. The molecule has 0 radical (unpaired) electrons. The summed E-state index contributed by atoms with van der Waals surface area (Å²) in [6.07, 6.45) is 2.00. The molecule has 2 N–H and O–H groups in total. The highest BCUT2D eigenvalue weighted by Gasteiger charge is 2.03. The highest BCUT2D eigenvalue weighted by molar-refractivity contribution is 6.30. The molecule has 1 heterocycles. The van der Waals surface area contributed by atoms with Crippen molar-refractivity contribution in [2.24, 2.45) is 0 Å². The molecule has 0 saturated heterocycles. The fourth-order valence-corrected chi connectivity index (χ4v) is 2.05. The summed E-state index contributed by atoms with van der Waals surface area (Å²) >= 11 is 5.89. The average molecular weight is 293 g/mol. The van der Waals surface area contributed by atoms with E-state index in [1.807, 2.05) is 31.2 Å². The van der Waals surface area contributed by atoms with E-state index in [4.69, 9.17) is 16.0 Å². The van der Waals surface area contributed by atoms with Gasteiger partial charge in [0.2, 0.25) is 5.91 Å². The maximum atomic E-state index is 11.7. The van der Waals surface area contributed by atoms with Crippen LogP contribution in [0.4, 0.5) is 5.69 Å². The summed E-state index contributed by atoms with van der Waals surface area (Å²) in [5, 5.41) is 6.73. The summed E-state index contributed by atoms with van der Waals surface area (Å²) in [7, 11) is 0. The van der Waals surface area contributed by atoms with Crippen LogP contribution in [-0.4, -0.2) is 12.5 Å². The number of carbonyl (C=O) groups is 1. The van der Waals surface area contributed by atoms with Crippen molar-refractivity contribution in [3.8, 4) is 0 Å². The van der Waals surface area contributed by atoms with Crippen LogP contribution in [-0.2, 0) is 11.3 Å². The van der Waals surface area contributed by atoms with Gasteiger partial charge in [-0.2, -0.15) is 0 Å². The molecule has 0 spiro atoms. The third kappa shape index (κ3) is 4.31. The Balaban J connectivity index is 1.71. The molecule has 106 valence electrons. The van der Waals surface area contributed by atoms with Gasteiger partial charge in [0, 0.05) is 23.7 Å². The first-order valence-electron chi connectivity index (χ1n) is 6.44. The molecule has 1 aromatic heterocycles. The lowest BCUT2D eigenvalue weighted by atomic mass is 10.2. The van der Waals surface area contributed by atoms with Gasteiger partial charge in [-0.05, 0) is 42.8 Å². The minimum atomic E-state index is -0.0134. The molecule has 0 aliphatic heterocycles. The van der Waals surface area contributed by atoms with Crippen molar-refractivity contribution < 1.29 is 9.21 Å². The normalized spacial score (nSPS) is 10.3. The van der Waals surface area contributed by atoms with Gasteiger partial charge < -0.3 is 15.1 Å². The molecule has 0 bridgehead atoms. The van der Waals surface area contributed by atoms with Crippen LogP contribution in [0.25, 0.3) is 0 Å². The highest BCUT2D eigenvalue weighted by atomic mass is 35.5. The molecule has 0 saturated carbocycles. The SMILES string of the molecule is Cc1cc(Cl)ccc1NCCC(=O)NCc1ccco1. The zero-order chi connectivity index (χ0) is 14.4. The van der Waals surface area contributed by atoms with Crippen LogP contribution in [0.2, 0.25) is 5.02 Å². The van der Waals surface area contributed by atoms with Crippen LogP contribution in [0.15, 0.2) is 41.0 Å². The molecule has 0 atom stereocenters. The van der Waals surface area contributed by atoms with E-state index in [1.165, 1.54) is 0 Å². The standard InChI is InChI=1S/C15H17ClN2O2/c1-11-9-12(16)4-5-14(11)17-7-6-15(19)18-10-13-3-2-8-20-13/h2-5,8-9,17H,6-7,10H2,1H3,(H,18,19). The smallest absolute Gasteiger partial charge is 0.222 e. The Morgan fingerprint density at radius 2 is 2.20 bits per heavy atom. The van der Waals surface area contributed by atoms with Gasteiger partial charge in [-0.15, -0.1) is 0 Å². The van der Waals surface area contributed by atoms with Crippen molar-refractivity contribution in [2.75, 3.05) is 11.9 Å². The topological polar surface area (TPSA) is 54.3 Å². The lowest BCUT2D eigenvalue weighted by Crippen LogP contribution is -2.24. The van der Waals surface area contributed by atoms with Crippen LogP contribution >= 0.6 is 11.6 Å². The Morgan fingerprint density at radius 3 is 2.90 bits per heavy atom. The second-order valence-electron chi connectivity index (χ2n) is 4.49. The number of nitrogens with one attached hydrogen (secondary N) is 2. The van der Waals surface area contributed by atoms with E-state index in [0.717, 1.165) is 17.0 Å². The number of halogens is 1. The van der Waals surface area contributed by atoms with Crippen LogP contribution in [0.3, 0.4) is 0 Å². The number of aryl methyl sites for hydroxylation is 1. The molecular weight excluding hydrogens is 276 g/mol. The fraction of sp³-hybridized carbons (Fsp3) is 0.267. The van der Waals surface area contributed by atoms with Gasteiger partial charge in [0.25, 0.3) is 0 Å². The van der Waals surface area contributed by atoms with Gasteiger partial charge in [0.15, 0.2) is 0 Å². The number of anilines is 1. The van der Waals surface area contributed by atoms with Crippen molar-refractivity contribution in [1.82, 2.24) is 5.32 Å². The van der Waals surface area contributed by atoms with Gasteiger partial charge in [0.1, 0.15) is 5.76 Å². The van der Waals surface area contributed by atoms with E-state index in [1.54, 1.807) is 12.3 Å². The number of hydrogen-bond donors (Lipinski definition) is 2. The molecule has 0 aliphatic carbocycles. The Kier molecular flexibility index (Phi) is 5.07. The Labute approximate surface area is 123 Å². The molecule has 0 aliphatic rings. The number of benzene rings is 1. The average Bonchev–Trinajstić information content (AvgIpc) is 2.92. The van der Waals surface area contributed by atoms with E-state index >= 15 is 0 Å². The van der Waals surface area contributed by atoms with Gasteiger partial charge in [0.05, 0.1) is 12.8 Å². The summed E-state index contributed by atoms with van der Waals surface area (Å²) in [6, 6.07) is 9.26. The van der Waals surface area contributed by atoms with Crippen LogP contribution in [0, 0.1) is 6.92 Å². The number of hydrogen-bond acceptors (Lipinski definition) is 3. The van der Waals surface area contributed by atoms with Crippen LogP contribution < -0.4 is 10.6 Å². The molecule has 20 heavy (non-hydrogen) atoms. The van der Waals surface area contributed by atoms with Crippen molar-refractivity contribution in [1.29, 1.82) is 0 Å². The Hall–Kier alpha value is -1.94. The maximum Gasteiger partial charge on any atom is 0.222 e. The van der Waals surface area contributed by atoms with Gasteiger partial charge in [-0.25, -0.2) is 0 Å². The van der Waals surface area contributed by atoms with E-state index < -0.39 is 0 Å². The lowest BCUT2D eigenvalue weighted by Gasteiger charge is -2.09. The monoisotopic (exact) mass is 292 g/mol. The molecule has 4 nitrogen and oxygen atoms in total. The number of rotatable bonds is 6. The lowest BCUT2D eigenvalue weighted by molar-refractivity contribution is -0.121. The molecule has 0 fully saturated rings. The largest absolute Gasteiger partial charge is 0.467 e. The molecular formula is C15H17ClN2O2. The number of carbonyl (C=O) groups excluding carboxylic acids is 1. The predicted molar refractivity (Wildman–Crippen MR) is 79.9 cm³/mol. The third-order valence-corrected chi connectivity index (χ3v) is 3.13. The summed E-state index contributed by atoms with van der Waals surface area (Å²) in [6.45, 7) is 2.98. The van der Waals surface area contributed by atoms with Gasteiger partial charge >= 0.3 is 0 Å². The van der Waals surface area contributed by atoms with E-state index in [-0.39, 0.29) is 5.91 Å². The van der Waals surface area contributed by atoms with Gasteiger partial charge in [-0.3, -0.25) is 4.79 Å². The third-order valence-electron chi connectivity index (χ3n) is 2.90. The highest BCUT2D eigenvalue weighted by Crippen LogP contribution is 2.19. The molecule has 1 aromatic carbocycles. The van der Waals surface area contributed by atoms with Crippen molar-refractivity contribution >= 4 is 23.2 Å². The van der Waals surface area contributed by atoms with E-state index in [0.29, 0.717) is 24.5 Å². The zero-order valence-electron chi connectivity index (χ0n) is 11.3. The molecule has 0 unspecified atom stereocenters. The quantitative estimate of drug-likeness (QED) is 0.858. The minimum Gasteiger partial charge on any atom is -0.467 e. The fourth-order valence-electron chi connectivity index (χ4n) is 1.82. The van der Waals surface area contributed by atoms with E-state index in [9.17, 15) is 4.79 Å². The first kappa shape index (κ1) is 14.5. The molecule has 1 amide bonds. The Morgan fingerprint density at radius 1 is 1.35 bits per heavy atom. The van der Waals surface area contributed by atoms with Gasteiger partial charge in [-0.1, -0.05) is 11.6 Å². The van der Waals surface area contributed by atoms with Crippen LogP contribution in [0.1, 0.15) is 17.7 Å².